The Bertz CT molecular complexity index is 419. The van der Waals surface area contributed by atoms with Crippen LogP contribution in [-0.4, -0.2) is 59.6 Å². The van der Waals surface area contributed by atoms with E-state index in [1.54, 1.807) is 24.1 Å². The molecule has 0 spiro atoms. The van der Waals surface area contributed by atoms with Crippen molar-refractivity contribution >= 4 is 11.7 Å². The van der Waals surface area contributed by atoms with Gasteiger partial charge in [-0.1, -0.05) is 0 Å². The SMILES string of the molecule is CN1CCC(CN(C)C(=O)c2ccc(N)nn2)C1. The molecular weight excluding hydrogens is 230 g/mol. The lowest BCUT2D eigenvalue weighted by Crippen LogP contribution is -2.33. The predicted molar refractivity (Wildman–Crippen MR) is 69.0 cm³/mol. The summed E-state index contributed by atoms with van der Waals surface area (Å²) in [6.07, 6.45) is 1.14. The van der Waals surface area contributed by atoms with Crippen LogP contribution in [0.25, 0.3) is 0 Å². The Balaban J connectivity index is 1.94. The Morgan fingerprint density at radius 1 is 1.56 bits per heavy atom. The molecule has 6 nitrogen and oxygen atoms in total. The van der Waals surface area contributed by atoms with Crippen LogP contribution in [0.2, 0.25) is 0 Å². The van der Waals surface area contributed by atoms with Gasteiger partial charge in [0.2, 0.25) is 0 Å². The van der Waals surface area contributed by atoms with Crippen LogP contribution < -0.4 is 5.73 Å². The van der Waals surface area contributed by atoms with Gasteiger partial charge >= 0.3 is 0 Å². The highest BCUT2D eigenvalue weighted by molar-refractivity contribution is 5.92. The van der Waals surface area contributed by atoms with Crippen molar-refractivity contribution in [1.82, 2.24) is 20.0 Å². The van der Waals surface area contributed by atoms with Gasteiger partial charge in [-0.15, -0.1) is 10.2 Å². The molecule has 2 N–H and O–H groups in total. The van der Waals surface area contributed by atoms with Gasteiger partial charge in [-0.3, -0.25) is 4.79 Å². The van der Waals surface area contributed by atoms with E-state index >= 15 is 0 Å². The van der Waals surface area contributed by atoms with Gasteiger partial charge in [0, 0.05) is 20.1 Å². The average Bonchev–Trinajstić information content (AvgIpc) is 2.75. The van der Waals surface area contributed by atoms with Gasteiger partial charge in [-0.05, 0) is 38.1 Å². The number of hydrogen-bond acceptors (Lipinski definition) is 5. The van der Waals surface area contributed by atoms with E-state index in [-0.39, 0.29) is 5.91 Å². The molecule has 2 rings (SSSR count). The van der Waals surface area contributed by atoms with Crippen molar-refractivity contribution in [3.8, 4) is 0 Å². The molecule has 0 saturated carbocycles. The van der Waals surface area contributed by atoms with Crippen molar-refractivity contribution in [1.29, 1.82) is 0 Å². The number of carbonyl (C=O) groups excluding carboxylic acids is 1. The number of hydrogen-bond donors (Lipinski definition) is 1. The molecule has 0 bridgehead atoms. The molecule has 18 heavy (non-hydrogen) atoms. The minimum Gasteiger partial charge on any atom is -0.382 e. The van der Waals surface area contributed by atoms with E-state index in [4.69, 9.17) is 5.73 Å². The normalized spacial score (nSPS) is 20.0. The molecule has 1 fully saturated rings. The molecule has 1 aliphatic heterocycles. The quantitative estimate of drug-likeness (QED) is 0.821. The summed E-state index contributed by atoms with van der Waals surface area (Å²) in [5.41, 5.74) is 5.79. The fourth-order valence-corrected chi connectivity index (χ4v) is 2.30. The lowest BCUT2D eigenvalue weighted by molar-refractivity contribution is 0.0767. The maximum absolute atomic E-state index is 12.1. The molecular formula is C12H19N5O. The van der Waals surface area contributed by atoms with Gasteiger partial charge in [0.15, 0.2) is 5.69 Å². The van der Waals surface area contributed by atoms with Gasteiger partial charge in [-0.2, -0.15) is 0 Å². The van der Waals surface area contributed by atoms with Crippen molar-refractivity contribution in [2.45, 2.75) is 6.42 Å². The molecule has 1 amide bonds. The van der Waals surface area contributed by atoms with Crippen LogP contribution in [0.5, 0.6) is 0 Å². The number of anilines is 1. The third-order valence-corrected chi connectivity index (χ3v) is 3.27. The van der Waals surface area contributed by atoms with E-state index in [9.17, 15) is 4.79 Å². The van der Waals surface area contributed by atoms with Crippen molar-refractivity contribution in [2.24, 2.45) is 5.92 Å². The summed E-state index contributed by atoms with van der Waals surface area (Å²) in [6, 6.07) is 3.21. The Morgan fingerprint density at radius 2 is 2.33 bits per heavy atom. The van der Waals surface area contributed by atoms with E-state index in [2.05, 4.69) is 22.1 Å². The van der Waals surface area contributed by atoms with E-state index in [0.717, 1.165) is 26.1 Å². The summed E-state index contributed by atoms with van der Waals surface area (Å²) in [5, 5.41) is 7.51. The van der Waals surface area contributed by atoms with Crippen molar-refractivity contribution < 1.29 is 4.79 Å². The monoisotopic (exact) mass is 249 g/mol. The second-order valence-electron chi connectivity index (χ2n) is 4.95. The summed E-state index contributed by atoms with van der Waals surface area (Å²) < 4.78 is 0. The number of nitrogens with two attached hydrogens (primary N) is 1. The van der Waals surface area contributed by atoms with E-state index in [1.165, 1.54) is 0 Å². The maximum atomic E-state index is 12.1. The highest BCUT2D eigenvalue weighted by Crippen LogP contribution is 2.15. The minimum absolute atomic E-state index is 0.1000. The van der Waals surface area contributed by atoms with Crippen LogP contribution in [0.1, 0.15) is 16.9 Å². The van der Waals surface area contributed by atoms with Crippen LogP contribution in [0.3, 0.4) is 0 Å². The molecule has 1 saturated heterocycles. The van der Waals surface area contributed by atoms with Crippen LogP contribution in [0, 0.1) is 5.92 Å². The van der Waals surface area contributed by atoms with E-state index in [1.807, 2.05) is 0 Å². The molecule has 1 aromatic heterocycles. The van der Waals surface area contributed by atoms with Gasteiger partial charge in [0.25, 0.3) is 5.91 Å². The molecule has 98 valence electrons. The molecule has 6 heteroatoms. The maximum Gasteiger partial charge on any atom is 0.274 e. The van der Waals surface area contributed by atoms with E-state index in [0.29, 0.717) is 17.4 Å². The topological polar surface area (TPSA) is 75.3 Å². The van der Waals surface area contributed by atoms with Crippen LogP contribution in [0.15, 0.2) is 12.1 Å². The third-order valence-electron chi connectivity index (χ3n) is 3.27. The summed E-state index contributed by atoms with van der Waals surface area (Å²) in [7, 11) is 3.91. The zero-order valence-electron chi connectivity index (χ0n) is 10.8. The fraction of sp³-hybridized carbons (Fsp3) is 0.583. The average molecular weight is 249 g/mol. The van der Waals surface area contributed by atoms with E-state index < -0.39 is 0 Å². The van der Waals surface area contributed by atoms with Crippen molar-refractivity contribution in [3.05, 3.63) is 17.8 Å². The third kappa shape index (κ3) is 2.95. The van der Waals surface area contributed by atoms with Crippen LogP contribution in [-0.2, 0) is 0 Å². The summed E-state index contributed by atoms with van der Waals surface area (Å²) in [6.45, 7) is 2.91. The lowest BCUT2D eigenvalue weighted by atomic mass is 10.1. The Morgan fingerprint density at radius 3 is 2.89 bits per heavy atom. The first kappa shape index (κ1) is 12.8. The minimum atomic E-state index is -0.1000. The molecule has 1 aromatic rings. The standard InChI is InChI=1S/C12H19N5O/c1-16-6-5-9(7-16)8-17(2)12(18)10-3-4-11(13)15-14-10/h3-4,9H,5-8H2,1-2H3,(H2,13,15). The number of likely N-dealkylation sites (tertiary alicyclic amines) is 1. The fourth-order valence-electron chi connectivity index (χ4n) is 2.30. The lowest BCUT2D eigenvalue weighted by Gasteiger charge is -2.20. The largest absolute Gasteiger partial charge is 0.382 e. The molecule has 2 heterocycles. The highest BCUT2D eigenvalue weighted by Gasteiger charge is 2.23. The summed E-state index contributed by atoms with van der Waals surface area (Å²) in [5.74, 6) is 0.773. The number of rotatable bonds is 3. The Kier molecular flexibility index (Phi) is 3.76. The second kappa shape index (κ2) is 5.30. The number of carbonyl (C=O) groups is 1. The second-order valence-corrected chi connectivity index (χ2v) is 4.95. The molecule has 0 aliphatic carbocycles. The summed E-state index contributed by atoms with van der Waals surface area (Å²) >= 11 is 0. The smallest absolute Gasteiger partial charge is 0.274 e. The molecule has 0 radical (unpaired) electrons. The van der Waals surface area contributed by atoms with Crippen LogP contribution in [0.4, 0.5) is 5.82 Å². The van der Waals surface area contributed by atoms with Gasteiger partial charge in [0.05, 0.1) is 0 Å². The predicted octanol–water partition coefficient (Wildman–Crippen LogP) is 0.0825. The van der Waals surface area contributed by atoms with Crippen molar-refractivity contribution in [3.63, 3.8) is 0 Å². The zero-order valence-corrected chi connectivity index (χ0v) is 10.8. The first-order valence-electron chi connectivity index (χ1n) is 6.09. The van der Waals surface area contributed by atoms with Gasteiger partial charge in [0.1, 0.15) is 5.82 Å². The molecule has 1 unspecified atom stereocenters. The summed E-state index contributed by atoms with van der Waals surface area (Å²) in [4.78, 5) is 16.1. The number of nitrogen functional groups attached to an aromatic ring is 1. The Labute approximate surface area is 107 Å². The zero-order chi connectivity index (χ0) is 13.1. The highest BCUT2D eigenvalue weighted by atomic mass is 16.2. The first-order chi connectivity index (χ1) is 8.56. The number of aromatic nitrogens is 2. The molecule has 1 aliphatic rings. The Hall–Kier alpha value is -1.69. The molecule has 1 atom stereocenters. The molecule has 0 aromatic carbocycles. The van der Waals surface area contributed by atoms with Crippen LogP contribution >= 0.6 is 0 Å². The van der Waals surface area contributed by atoms with Gasteiger partial charge < -0.3 is 15.5 Å². The number of amides is 1. The van der Waals surface area contributed by atoms with Crippen molar-refractivity contribution in [2.75, 3.05) is 39.5 Å². The van der Waals surface area contributed by atoms with Gasteiger partial charge in [-0.25, -0.2) is 0 Å². The first-order valence-corrected chi connectivity index (χ1v) is 6.09. The number of nitrogens with zero attached hydrogens (tertiary/aromatic N) is 4.